The Balaban J connectivity index is 1.48. The van der Waals surface area contributed by atoms with Gasteiger partial charge in [0.05, 0.1) is 17.3 Å². The van der Waals surface area contributed by atoms with E-state index in [1.807, 2.05) is 19.9 Å². The van der Waals surface area contributed by atoms with Gasteiger partial charge in [-0.2, -0.15) is 0 Å². The van der Waals surface area contributed by atoms with E-state index in [2.05, 4.69) is 115 Å². The highest BCUT2D eigenvalue weighted by molar-refractivity contribution is 5.70. The van der Waals surface area contributed by atoms with Crippen LogP contribution in [0.4, 0.5) is 5.69 Å². The first-order chi connectivity index (χ1) is 15.7. The summed E-state index contributed by atoms with van der Waals surface area (Å²) in [6, 6.07) is 30.1. The molecule has 4 nitrogen and oxygen atoms in total. The first-order valence-electron chi connectivity index (χ1n) is 11.7. The average molecular weight is 440 g/mol. The lowest BCUT2D eigenvalue weighted by Crippen LogP contribution is -2.44. The van der Waals surface area contributed by atoms with Crippen LogP contribution in [0.5, 0.6) is 0 Å². The smallest absolute Gasteiger partial charge is 0.107 e. The van der Waals surface area contributed by atoms with Crippen molar-refractivity contribution >= 4 is 11.4 Å². The van der Waals surface area contributed by atoms with E-state index in [9.17, 15) is 5.11 Å². The number of hydrogen-bond donors (Lipinski definition) is 3. The molecule has 0 radical (unpaired) electrons. The van der Waals surface area contributed by atoms with Crippen LogP contribution in [-0.2, 0) is 5.54 Å². The topological polar surface area (TPSA) is 47.3 Å². The minimum absolute atomic E-state index is 0.193. The summed E-state index contributed by atoms with van der Waals surface area (Å²) in [5.74, 6) is 0. The van der Waals surface area contributed by atoms with Gasteiger partial charge in [-0.15, -0.1) is 0 Å². The quantitative estimate of drug-likeness (QED) is 0.470. The van der Waals surface area contributed by atoms with E-state index in [0.717, 1.165) is 17.8 Å². The Morgan fingerprint density at radius 3 is 2.00 bits per heavy atom. The van der Waals surface area contributed by atoms with Gasteiger partial charge in [0.15, 0.2) is 0 Å². The highest BCUT2D eigenvalue weighted by Crippen LogP contribution is 2.46. The molecule has 0 amide bonds. The van der Waals surface area contributed by atoms with Crippen molar-refractivity contribution in [3.63, 3.8) is 0 Å². The van der Waals surface area contributed by atoms with Crippen LogP contribution in [0.15, 0.2) is 91.0 Å². The molecule has 2 aliphatic rings. The van der Waals surface area contributed by atoms with Crippen molar-refractivity contribution < 1.29 is 5.11 Å². The van der Waals surface area contributed by atoms with Gasteiger partial charge in [0.25, 0.3) is 0 Å². The maximum Gasteiger partial charge on any atom is 0.107 e. The summed E-state index contributed by atoms with van der Waals surface area (Å²) in [5, 5.41) is 10.6. The molecule has 0 aliphatic carbocycles. The van der Waals surface area contributed by atoms with Crippen molar-refractivity contribution in [3.05, 3.63) is 108 Å². The summed E-state index contributed by atoms with van der Waals surface area (Å²) in [5.41, 5.74) is 11.4. The Labute approximate surface area is 196 Å². The zero-order valence-electron chi connectivity index (χ0n) is 19.8. The summed E-state index contributed by atoms with van der Waals surface area (Å²) in [6.45, 7) is 9.09. The van der Waals surface area contributed by atoms with E-state index in [0.29, 0.717) is 6.04 Å². The van der Waals surface area contributed by atoms with E-state index in [-0.39, 0.29) is 5.41 Å². The number of rotatable bonds is 6. The van der Waals surface area contributed by atoms with Crippen molar-refractivity contribution in [3.8, 4) is 0 Å². The van der Waals surface area contributed by atoms with Gasteiger partial charge in [-0.05, 0) is 48.7 Å². The van der Waals surface area contributed by atoms with E-state index < -0.39 is 11.1 Å². The number of nitrogens with one attached hydrogen (secondary N) is 2. The van der Waals surface area contributed by atoms with Crippen LogP contribution in [0.3, 0.4) is 0 Å². The molecule has 2 aliphatic heterocycles. The molecule has 170 valence electrons. The van der Waals surface area contributed by atoms with Crippen molar-refractivity contribution in [2.45, 2.75) is 44.9 Å². The zero-order chi connectivity index (χ0) is 23.3. The van der Waals surface area contributed by atoms with Crippen LogP contribution in [-0.4, -0.2) is 23.3 Å². The number of hydrazine groups is 1. The third-order valence-electron chi connectivity index (χ3n) is 7.75. The molecule has 2 atom stereocenters. The Bertz CT molecular complexity index is 1150. The second-order valence-corrected chi connectivity index (χ2v) is 10.3. The summed E-state index contributed by atoms with van der Waals surface area (Å²) in [7, 11) is 0. The fourth-order valence-corrected chi connectivity index (χ4v) is 4.77. The third-order valence-corrected chi connectivity index (χ3v) is 7.75. The van der Waals surface area contributed by atoms with Crippen LogP contribution < -0.4 is 15.8 Å². The highest BCUT2D eigenvalue weighted by atomic mass is 16.3. The normalized spacial score (nSPS) is 22.6. The van der Waals surface area contributed by atoms with Gasteiger partial charge in [0, 0.05) is 17.6 Å². The number of benzene rings is 3. The largest absolute Gasteiger partial charge is 0.390 e. The molecule has 2 heterocycles. The SMILES string of the molecule is CC(C)(O)C(C)(C)C1CN1c1ccc(C2(c3ccccc3)C=C(c3ccccc3)NN2)cc1. The average Bonchev–Trinajstić information content (AvgIpc) is 3.51. The molecular weight excluding hydrogens is 406 g/mol. The van der Waals surface area contributed by atoms with Crippen molar-refractivity contribution in [1.82, 2.24) is 10.9 Å². The molecule has 3 aromatic carbocycles. The van der Waals surface area contributed by atoms with Crippen LogP contribution in [0.2, 0.25) is 0 Å². The lowest BCUT2D eigenvalue weighted by atomic mass is 9.74. The fraction of sp³-hybridized carbons (Fsp3) is 0.310. The van der Waals surface area contributed by atoms with Crippen LogP contribution in [0.1, 0.15) is 44.4 Å². The summed E-state index contributed by atoms with van der Waals surface area (Å²) >= 11 is 0. The Kier molecular flexibility index (Phi) is 5.11. The number of hydrogen-bond acceptors (Lipinski definition) is 4. The second-order valence-electron chi connectivity index (χ2n) is 10.3. The molecule has 33 heavy (non-hydrogen) atoms. The molecule has 0 bridgehead atoms. The molecule has 0 aromatic heterocycles. The van der Waals surface area contributed by atoms with E-state index in [1.54, 1.807) is 0 Å². The predicted molar refractivity (Wildman–Crippen MR) is 136 cm³/mol. The molecule has 4 heteroatoms. The van der Waals surface area contributed by atoms with Crippen molar-refractivity contribution in [1.29, 1.82) is 0 Å². The third kappa shape index (κ3) is 3.73. The van der Waals surface area contributed by atoms with Gasteiger partial charge in [-0.25, -0.2) is 5.43 Å². The number of nitrogens with zero attached hydrogens (tertiary/aromatic N) is 1. The standard InChI is InChI=1S/C29H33N3O/c1-27(2,28(3,4)33)26-20-32(26)24-17-15-23(16-18-24)29(22-13-9-6-10-14-22)19-25(30-31-29)21-11-7-5-8-12-21/h5-19,26,30-31,33H,20H2,1-4H3. The van der Waals surface area contributed by atoms with Gasteiger partial charge >= 0.3 is 0 Å². The van der Waals surface area contributed by atoms with Crippen LogP contribution in [0.25, 0.3) is 5.70 Å². The minimum atomic E-state index is -0.734. The summed E-state index contributed by atoms with van der Waals surface area (Å²) in [4.78, 5) is 2.38. The number of anilines is 1. The Morgan fingerprint density at radius 1 is 0.818 bits per heavy atom. The highest BCUT2D eigenvalue weighted by Gasteiger charge is 2.52. The molecule has 1 fully saturated rings. The van der Waals surface area contributed by atoms with Gasteiger partial charge in [-0.1, -0.05) is 86.6 Å². The molecule has 0 saturated carbocycles. The molecule has 1 saturated heterocycles. The second kappa shape index (κ2) is 7.75. The van der Waals surface area contributed by atoms with E-state index >= 15 is 0 Å². The van der Waals surface area contributed by atoms with Crippen molar-refractivity contribution in [2.24, 2.45) is 5.41 Å². The fourth-order valence-electron chi connectivity index (χ4n) is 4.77. The monoisotopic (exact) mass is 439 g/mol. The first kappa shape index (κ1) is 21.7. The molecule has 3 N–H and O–H groups in total. The van der Waals surface area contributed by atoms with E-state index in [1.165, 1.54) is 16.8 Å². The van der Waals surface area contributed by atoms with Crippen LogP contribution in [0, 0.1) is 5.41 Å². The molecule has 2 unspecified atom stereocenters. The summed E-state index contributed by atoms with van der Waals surface area (Å²) in [6.07, 6.45) is 2.28. The molecule has 3 aromatic rings. The molecule has 0 spiro atoms. The maximum atomic E-state index is 10.6. The van der Waals surface area contributed by atoms with Crippen molar-refractivity contribution in [2.75, 3.05) is 11.4 Å². The predicted octanol–water partition coefficient (Wildman–Crippen LogP) is 5.06. The lowest BCUT2D eigenvalue weighted by Gasteiger charge is -2.37. The molecular formula is C29H33N3O. The minimum Gasteiger partial charge on any atom is -0.390 e. The Hall–Kier alpha value is -3.08. The van der Waals surface area contributed by atoms with E-state index in [4.69, 9.17) is 0 Å². The number of aliphatic hydroxyl groups is 1. The van der Waals surface area contributed by atoms with Gasteiger partial charge in [0.2, 0.25) is 0 Å². The summed E-state index contributed by atoms with van der Waals surface area (Å²) < 4.78 is 0. The van der Waals surface area contributed by atoms with Crippen LogP contribution >= 0.6 is 0 Å². The first-order valence-corrected chi connectivity index (χ1v) is 11.7. The lowest BCUT2D eigenvalue weighted by molar-refractivity contribution is -0.0336. The maximum absolute atomic E-state index is 10.6. The zero-order valence-corrected chi connectivity index (χ0v) is 19.8. The van der Waals surface area contributed by atoms with Gasteiger partial charge < -0.3 is 15.4 Å². The molecule has 5 rings (SSSR count). The van der Waals surface area contributed by atoms with Gasteiger partial charge in [0.1, 0.15) is 5.54 Å². The van der Waals surface area contributed by atoms with Gasteiger partial charge in [-0.3, -0.25) is 0 Å². The Morgan fingerprint density at radius 2 is 1.39 bits per heavy atom.